The van der Waals surface area contributed by atoms with E-state index in [0.717, 1.165) is 5.56 Å². The van der Waals surface area contributed by atoms with Gasteiger partial charge >= 0.3 is 0 Å². The number of rotatable bonds is 5. The van der Waals surface area contributed by atoms with Gasteiger partial charge in [-0.3, -0.25) is 0 Å². The summed E-state index contributed by atoms with van der Waals surface area (Å²) in [5.41, 5.74) is 1.54. The van der Waals surface area contributed by atoms with Crippen molar-refractivity contribution >= 4 is 15.9 Å². The third-order valence-electron chi connectivity index (χ3n) is 3.82. The summed E-state index contributed by atoms with van der Waals surface area (Å²) in [6.45, 7) is 0. The summed E-state index contributed by atoms with van der Waals surface area (Å²) >= 11 is 0. The van der Waals surface area contributed by atoms with Crippen LogP contribution in [0.4, 0.5) is 4.39 Å². The van der Waals surface area contributed by atoms with E-state index >= 15 is 0 Å². The molecule has 25 heavy (non-hydrogen) atoms. The highest BCUT2D eigenvalue weighted by molar-refractivity contribution is 7.95. The van der Waals surface area contributed by atoms with E-state index in [1.807, 2.05) is 30.3 Å². The molecule has 0 unspecified atom stereocenters. The van der Waals surface area contributed by atoms with Gasteiger partial charge in [-0.05, 0) is 41.5 Å². The van der Waals surface area contributed by atoms with Gasteiger partial charge in [-0.25, -0.2) is 12.8 Å². The largest absolute Gasteiger partial charge is 0.219 e. The zero-order valence-electron chi connectivity index (χ0n) is 13.5. The topological polar surface area (TPSA) is 34.1 Å². The molecule has 0 spiro atoms. The van der Waals surface area contributed by atoms with Crippen LogP contribution < -0.4 is 0 Å². The van der Waals surface area contributed by atoms with Crippen LogP contribution in [0.2, 0.25) is 0 Å². The molecule has 126 valence electrons. The van der Waals surface area contributed by atoms with Crippen molar-refractivity contribution in [2.75, 3.05) is 0 Å². The van der Waals surface area contributed by atoms with Crippen molar-refractivity contribution in [3.63, 3.8) is 0 Å². The molecule has 0 amide bonds. The summed E-state index contributed by atoms with van der Waals surface area (Å²) in [6, 6.07) is 23.5. The lowest BCUT2D eigenvalue weighted by atomic mass is 10.1. The Bertz CT molecular complexity index is 961. The van der Waals surface area contributed by atoms with E-state index in [4.69, 9.17) is 0 Å². The van der Waals surface area contributed by atoms with Gasteiger partial charge in [0.05, 0.1) is 9.80 Å². The Hall–Kier alpha value is -2.72. The lowest BCUT2D eigenvalue weighted by Gasteiger charge is -2.10. The van der Waals surface area contributed by atoms with E-state index in [1.54, 1.807) is 48.5 Å². The molecule has 4 heteroatoms. The van der Waals surface area contributed by atoms with Crippen molar-refractivity contribution in [2.45, 2.75) is 11.3 Å². The Morgan fingerprint density at radius 2 is 1.36 bits per heavy atom. The van der Waals surface area contributed by atoms with Crippen LogP contribution in [-0.2, 0) is 16.3 Å². The van der Waals surface area contributed by atoms with Crippen LogP contribution in [0.5, 0.6) is 0 Å². The summed E-state index contributed by atoms with van der Waals surface area (Å²) < 4.78 is 39.3. The fourth-order valence-electron chi connectivity index (χ4n) is 2.52. The Kier molecular flexibility index (Phi) is 5.10. The first-order chi connectivity index (χ1) is 12.1. The summed E-state index contributed by atoms with van der Waals surface area (Å²) in [7, 11) is -3.64. The van der Waals surface area contributed by atoms with E-state index in [2.05, 4.69) is 0 Å². The molecule has 0 bridgehead atoms. The zero-order valence-corrected chi connectivity index (χ0v) is 14.3. The van der Waals surface area contributed by atoms with Gasteiger partial charge in [0.1, 0.15) is 5.82 Å². The third-order valence-corrected chi connectivity index (χ3v) is 5.66. The first-order valence-electron chi connectivity index (χ1n) is 7.86. The zero-order chi connectivity index (χ0) is 17.7. The SMILES string of the molecule is O=S(=O)(C(=Cc1ccc(F)cc1)Cc1ccccc1)c1ccccc1. The lowest BCUT2D eigenvalue weighted by Crippen LogP contribution is -2.07. The second kappa shape index (κ2) is 7.45. The molecule has 0 saturated carbocycles. The van der Waals surface area contributed by atoms with Gasteiger partial charge in [-0.1, -0.05) is 60.7 Å². The van der Waals surface area contributed by atoms with Crippen molar-refractivity contribution in [2.24, 2.45) is 0 Å². The van der Waals surface area contributed by atoms with Crippen LogP contribution in [0.3, 0.4) is 0 Å². The predicted octanol–water partition coefficient (Wildman–Crippen LogP) is 4.88. The Morgan fingerprint density at radius 3 is 1.96 bits per heavy atom. The Balaban J connectivity index is 2.07. The van der Waals surface area contributed by atoms with E-state index < -0.39 is 9.84 Å². The van der Waals surface area contributed by atoms with Crippen molar-refractivity contribution in [3.8, 4) is 0 Å². The van der Waals surface area contributed by atoms with Gasteiger partial charge in [0, 0.05) is 6.42 Å². The summed E-state index contributed by atoms with van der Waals surface area (Å²) in [5, 5.41) is 0. The molecule has 0 aromatic heterocycles. The van der Waals surface area contributed by atoms with Gasteiger partial charge in [-0.2, -0.15) is 0 Å². The second-order valence-corrected chi connectivity index (χ2v) is 7.64. The van der Waals surface area contributed by atoms with Gasteiger partial charge in [0.15, 0.2) is 0 Å². The van der Waals surface area contributed by atoms with E-state index in [0.29, 0.717) is 5.56 Å². The minimum atomic E-state index is -3.64. The maximum atomic E-state index is 13.1. The fraction of sp³-hybridized carbons (Fsp3) is 0.0476. The van der Waals surface area contributed by atoms with Crippen LogP contribution in [0.25, 0.3) is 6.08 Å². The number of allylic oxidation sites excluding steroid dienone is 1. The van der Waals surface area contributed by atoms with E-state index in [9.17, 15) is 12.8 Å². The molecule has 0 aliphatic heterocycles. The van der Waals surface area contributed by atoms with Gasteiger partial charge in [-0.15, -0.1) is 0 Å². The Morgan fingerprint density at radius 1 is 0.800 bits per heavy atom. The molecule has 2 nitrogen and oxygen atoms in total. The van der Waals surface area contributed by atoms with Gasteiger partial charge in [0.25, 0.3) is 0 Å². The second-order valence-electron chi connectivity index (χ2n) is 5.64. The standard InChI is InChI=1S/C21H17FO2S/c22-19-13-11-18(12-14-19)16-21(15-17-7-3-1-4-8-17)25(23,24)20-9-5-2-6-10-20/h1-14,16H,15H2. The average Bonchev–Trinajstić information content (AvgIpc) is 2.64. The van der Waals surface area contributed by atoms with Crippen LogP contribution in [0.1, 0.15) is 11.1 Å². The predicted molar refractivity (Wildman–Crippen MR) is 98.2 cm³/mol. The molecule has 0 aliphatic carbocycles. The molecule has 3 rings (SSSR count). The van der Waals surface area contributed by atoms with E-state index in [-0.39, 0.29) is 22.0 Å². The molecule has 0 saturated heterocycles. The van der Waals surface area contributed by atoms with Crippen molar-refractivity contribution in [1.29, 1.82) is 0 Å². The highest BCUT2D eigenvalue weighted by atomic mass is 32.2. The molecule has 0 atom stereocenters. The normalized spacial score (nSPS) is 12.1. The number of hydrogen-bond acceptors (Lipinski definition) is 2. The summed E-state index contributed by atoms with van der Waals surface area (Å²) in [4.78, 5) is 0.524. The molecule has 0 fully saturated rings. The fourth-order valence-corrected chi connectivity index (χ4v) is 3.98. The Labute approximate surface area is 147 Å². The average molecular weight is 352 g/mol. The van der Waals surface area contributed by atoms with Crippen LogP contribution in [0.15, 0.2) is 94.7 Å². The molecule has 0 radical (unpaired) electrons. The highest BCUT2D eigenvalue weighted by Gasteiger charge is 2.20. The minimum absolute atomic E-state index is 0.249. The van der Waals surface area contributed by atoms with Crippen LogP contribution in [0, 0.1) is 5.82 Å². The van der Waals surface area contributed by atoms with Crippen LogP contribution in [-0.4, -0.2) is 8.42 Å². The molecule has 3 aromatic rings. The monoisotopic (exact) mass is 352 g/mol. The molecule has 3 aromatic carbocycles. The van der Waals surface area contributed by atoms with Crippen molar-refractivity contribution < 1.29 is 12.8 Å². The first kappa shape index (κ1) is 17.1. The van der Waals surface area contributed by atoms with Gasteiger partial charge in [0.2, 0.25) is 9.84 Å². The van der Waals surface area contributed by atoms with Crippen molar-refractivity contribution in [3.05, 3.63) is 107 Å². The molecule has 0 N–H and O–H groups in total. The van der Waals surface area contributed by atoms with Gasteiger partial charge < -0.3 is 0 Å². The van der Waals surface area contributed by atoms with E-state index in [1.165, 1.54) is 12.1 Å². The summed E-state index contributed by atoms with van der Waals surface area (Å²) in [6.07, 6.45) is 1.88. The van der Waals surface area contributed by atoms with Crippen LogP contribution >= 0.6 is 0 Å². The maximum Gasteiger partial charge on any atom is 0.203 e. The summed E-state index contributed by atoms with van der Waals surface area (Å²) in [5.74, 6) is -0.354. The first-order valence-corrected chi connectivity index (χ1v) is 9.34. The quantitative estimate of drug-likeness (QED) is 0.656. The highest BCUT2D eigenvalue weighted by Crippen LogP contribution is 2.25. The van der Waals surface area contributed by atoms with Crippen molar-refractivity contribution in [1.82, 2.24) is 0 Å². The number of halogens is 1. The number of sulfone groups is 1. The molecule has 0 aliphatic rings. The maximum absolute atomic E-state index is 13.1. The molecule has 0 heterocycles. The lowest BCUT2D eigenvalue weighted by molar-refractivity contribution is 0.601. The minimum Gasteiger partial charge on any atom is -0.219 e. The third kappa shape index (κ3) is 4.22. The number of hydrogen-bond donors (Lipinski definition) is 0. The number of benzene rings is 3. The molecular weight excluding hydrogens is 335 g/mol. The molecular formula is C21H17FO2S. The smallest absolute Gasteiger partial charge is 0.203 e.